The molecule has 12 atom stereocenters. The quantitative estimate of drug-likeness (QED) is 0.130. The van der Waals surface area contributed by atoms with E-state index in [1.165, 1.54) is 128 Å². The van der Waals surface area contributed by atoms with Crippen LogP contribution in [0.4, 0.5) is 0 Å². The Kier molecular flexibility index (Phi) is 20.1. The number of hydrogen-bond donors (Lipinski definition) is 2. The Labute approximate surface area is 325 Å². The first-order valence-corrected chi connectivity index (χ1v) is 23.5. The van der Waals surface area contributed by atoms with Crippen LogP contribution in [0.2, 0.25) is 0 Å². The zero-order valence-corrected chi connectivity index (χ0v) is 36.5. The summed E-state index contributed by atoms with van der Waals surface area (Å²) in [6.07, 6.45) is 35.2. The fourth-order valence-electron chi connectivity index (χ4n) is 12.1. The minimum Gasteiger partial charge on any atom is -0.479 e. The maximum Gasteiger partial charge on any atom is 0.332 e. The van der Waals surface area contributed by atoms with Gasteiger partial charge in [0.2, 0.25) is 0 Å². The van der Waals surface area contributed by atoms with Gasteiger partial charge in [0.05, 0.1) is 0 Å². The molecule has 0 bridgehead atoms. The van der Waals surface area contributed by atoms with Crippen molar-refractivity contribution in [1.29, 1.82) is 0 Å². The lowest BCUT2D eigenvalue weighted by Gasteiger charge is -2.42. The SMILES string of the molecule is CC1CC[C@@]2(CC[C@H](C)C2)CC1CCCCC[C@H](C)C[C@H](C)CCC1(C)CCCCC1.CCC(C)CC(C)CC1CC[C@H](C)[C@H](C[C@@H](O)C(=O)O)C1. The lowest BCUT2D eigenvalue weighted by atomic mass is 9.63. The van der Waals surface area contributed by atoms with Crippen molar-refractivity contribution in [2.45, 2.75) is 235 Å². The molecule has 0 amide bonds. The van der Waals surface area contributed by atoms with Crippen LogP contribution >= 0.6 is 0 Å². The molecule has 4 aliphatic rings. The van der Waals surface area contributed by atoms with Crippen molar-refractivity contribution in [3.63, 3.8) is 0 Å². The molecule has 4 rings (SSSR count). The summed E-state index contributed by atoms with van der Waals surface area (Å²) in [6.45, 7) is 21.8. The number of aliphatic hydroxyl groups excluding tert-OH is 1. The lowest BCUT2D eigenvalue weighted by Crippen LogP contribution is -2.31. The van der Waals surface area contributed by atoms with Crippen LogP contribution in [0.25, 0.3) is 0 Å². The molecule has 4 fully saturated rings. The smallest absolute Gasteiger partial charge is 0.332 e. The van der Waals surface area contributed by atoms with Gasteiger partial charge < -0.3 is 10.2 Å². The molecule has 3 nitrogen and oxygen atoms in total. The number of carboxylic acid groups (broad SMARTS) is 1. The first-order valence-electron chi connectivity index (χ1n) is 23.5. The normalized spacial score (nSPS) is 33.4. The van der Waals surface area contributed by atoms with Gasteiger partial charge in [-0.3, -0.25) is 0 Å². The average Bonchev–Trinajstić information content (AvgIpc) is 3.46. The van der Waals surface area contributed by atoms with E-state index in [9.17, 15) is 9.90 Å². The van der Waals surface area contributed by atoms with Gasteiger partial charge in [0.15, 0.2) is 6.10 Å². The minimum absolute atomic E-state index is 0.366. The highest BCUT2D eigenvalue weighted by atomic mass is 16.4. The number of aliphatic hydroxyl groups is 1. The molecular weight excluding hydrogens is 637 g/mol. The van der Waals surface area contributed by atoms with Crippen LogP contribution in [0.1, 0.15) is 229 Å². The van der Waals surface area contributed by atoms with E-state index in [4.69, 9.17) is 5.11 Å². The third-order valence-corrected chi connectivity index (χ3v) is 16.0. The molecule has 0 aromatic carbocycles. The largest absolute Gasteiger partial charge is 0.479 e. The second-order valence-electron chi connectivity index (χ2n) is 21.4. The van der Waals surface area contributed by atoms with Crippen LogP contribution in [-0.2, 0) is 4.79 Å². The van der Waals surface area contributed by atoms with Gasteiger partial charge in [-0.15, -0.1) is 0 Å². The maximum atomic E-state index is 10.8. The van der Waals surface area contributed by atoms with Crippen LogP contribution in [-0.4, -0.2) is 22.3 Å². The highest BCUT2D eigenvalue weighted by molar-refractivity contribution is 5.71. The Morgan fingerprint density at radius 3 is 2.02 bits per heavy atom. The van der Waals surface area contributed by atoms with E-state index in [1.807, 2.05) is 0 Å². The van der Waals surface area contributed by atoms with E-state index in [0.717, 1.165) is 53.3 Å². The molecular formula is C49H92O3. The van der Waals surface area contributed by atoms with Gasteiger partial charge in [-0.25, -0.2) is 4.79 Å². The first kappa shape index (κ1) is 45.8. The third kappa shape index (κ3) is 16.3. The van der Waals surface area contributed by atoms with Crippen LogP contribution in [0.5, 0.6) is 0 Å². The van der Waals surface area contributed by atoms with Crippen molar-refractivity contribution >= 4 is 5.97 Å². The maximum absolute atomic E-state index is 10.8. The van der Waals surface area contributed by atoms with Crippen LogP contribution in [0, 0.1) is 70.0 Å². The standard InChI is InChI=1S/C31H58.C18H34O3/c1-25(22-26(2)14-19-30(5)17-10-7-11-18-30)12-8-6-9-13-29-24-31(21-16-28(29)4)20-15-27(3)23-31;1-5-12(2)8-13(3)9-15-7-6-14(4)16(10-15)11-17(19)18(20)21/h25-29H,6-24H2,1-5H3;12-17,19H,5-11H2,1-4H3,(H,20,21)/t25-,26+,27-,28?,29?,31+;12?,13?,14-,15?,16-,17+/m00/s1. The molecule has 0 aromatic rings. The topological polar surface area (TPSA) is 57.5 Å². The van der Waals surface area contributed by atoms with Gasteiger partial charge in [-0.05, 0) is 153 Å². The molecule has 0 saturated heterocycles. The van der Waals surface area contributed by atoms with Crippen LogP contribution in [0.15, 0.2) is 0 Å². The molecule has 0 radical (unpaired) electrons. The van der Waals surface area contributed by atoms with Gasteiger partial charge >= 0.3 is 5.97 Å². The monoisotopic (exact) mass is 729 g/mol. The molecule has 4 saturated carbocycles. The van der Waals surface area contributed by atoms with Crippen LogP contribution < -0.4 is 0 Å². The predicted molar refractivity (Wildman–Crippen MR) is 225 cm³/mol. The molecule has 52 heavy (non-hydrogen) atoms. The van der Waals surface area contributed by atoms with Gasteiger partial charge in [0.25, 0.3) is 0 Å². The second-order valence-corrected chi connectivity index (χ2v) is 21.4. The highest BCUT2D eigenvalue weighted by Gasteiger charge is 2.43. The zero-order chi connectivity index (χ0) is 38.3. The van der Waals surface area contributed by atoms with Crippen LogP contribution in [0.3, 0.4) is 0 Å². The Balaban J connectivity index is 0.000000304. The summed E-state index contributed by atoms with van der Waals surface area (Å²) in [4.78, 5) is 10.8. The number of aliphatic carboxylic acids is 1. The van der Waals surface area contributed by atoms with Crippen molar-refractivity contribution < 1.29 is 15.0 Å². The van der Waals surface area contributed by atoms with Gasteiger partial charge in [0, 0.05) is 0 Å². The molecule has 0 aliphatic heterocycles. The number of hydrogen-bond acceptors (Lipinski definition) is 2. The van der Waals surface area contributed by atoms with Crippen molar-refractivity contribution in [1.82, 2.24) is 0 Å². The Morgan fingerprint density at radius 1 is 0.712 bits per heavy atom. The Morgan fingerprint density at radius 2 is 1.37 bits per heavy atom. The summed E-state index contributed by atoms with van der Waals surface area (Å²) in [7, 11) is 0. The van der Waals surface area contributed by atoms with Gasteiger partial charge in [-0.1, -0.05) is 146 Å². The molecule has 0 aromatic heterocycles. The highest BCUT2D eigenvalue weighted by Crippen LogP contribution is 2.55. The van der Waals surface area contributed by atoms with Crippen molar-refractivity contribution in [3.8, 4) is 0 Å². The lowest BCUT2D eigenvalue weighted by molar-refractivity contribution is -0.148. The summed E-state index contributed by atoms with van der Waals surface area (Å²) in [5, 5.41) is 18.5. The van der Waals surface area contributed by atoms with Crippen molar-refractivity contribution in [2.75, 3.05) is 0 Å². The molecule has 5 unspecified atom stereocenters. The minimum atomic E-state index is -1.19. The molecule has 3 heteroatoms. The van der Waals surface area contributed by atoms with E-state index in [0.29, 0.717) is 29.6 Å². The second kappa shape index (κ2) is 22.9. The first-order chi connectivity index (χ1) is 24.6. The van der Waals surface area contributed by atoms with E-state index in [-0.39, 0.29) is 0 Å². The fourth-order valence-corrected chi connectivity index (χ4v) is 12.1. The van der Waals surface area contributed by atoms with E-state index >= 15 is 0 Å². The summed E-state index contributed by atoms with van der Waals surface area (Å²) < 4.78 is 0. The fraction of sp³-hybridized carbons (Fsp3) is 0.980. The van der Waals surface area contributed by atoms with Gasteiger partial charge in [0.1, 0.15) is 0 Å². The summed E-state index contributed by atoms with van der Waals surface area (Å²) in [5.74, 6) is 7.00. The molecule has 2 N–H and O–H groups in total. The summed E-state index contributed by atoms with van der Waals surface area (Å²) >= 11 is 0. The number of rotatable bonds is 19. The summed E-state index contributed by atoms with van der Waals surface area (Å²) in [5.41, 5.74) is 1.46. The number of carboxylic acids is 1. The van der Waals surface area contributed by atoms with Gasteiger partial charge in [-0.2, -0.15) is 0 Å². The van der Waals surface area contributed by atoms with E-state index in [2.05, 4.69) is 62.3 Å². The molecule has 4 aliphatic carbocycles. The summed E-state index contributed by atoms with van der Waals surface area (Å²) in [6, 6.07) is 0. The number of unbranched alkanes of at least 4 members (excludes halogenated alkanes) is 2. The van der Waals surface area contributed by atoms with Crippen molar-refractivity contribution in [2.24, 2.45) is 70.0 Å². The number of carbonyl (C=O) groups is 1. The predicted octanol–water partition coefficient (Wildman–Crippen LogP) is 14.9. The molecule has 306 valence electrons. The molecule has 1 spiro atoms. The van der Waals surface area contributed by atoms with E-state index in [1.54, 1.807) is 25.7 Å². The van der Waals surface area contributed by atoms with Crippen molar-refractivity contribution in [3.05, 3.63) is 0 Å². The third-order valence-electron chi connectivity index (χ3n) is 16.0. The Bertz CT molecular complexity index is 970. The Hall–Kier alpha value is -0.570. The average molecular weight is 729 g/mol. The molecule has 0 heterocycles. The van der Waals surface area contributed by atoms with E-state index < -0.39 is 12.1 Å². The zero-order valence-electron chi connectivity index (χ0n) is 36.5.